The van der Waals surface area contributed by atoms with Gasteiger partial charge in [0, 0.05) is 17.9 Å². The SMILES string of the molecule is CC(C)(C)P1(=O)CCCN1. The summed E-state index contributed by atoms with van der Waals surface area (Å²) < 4.78 is 11.9. The van der Waals surface area contributed by atoms with Crippen LogP contribution in [0.25, 0.3) is 0 Å². The Morgan fingerprint density at radius 3 is 2.20 bits per heavy atom. The zero-order valence-corrected chi connectivity index (χ0v) is 7.87. The lowest BCUT2D eigenvalue weighted by atomic mass is 10.3. The van der Waals surface area contributed by atoms with E-state index in [1.54, 1.807) is 0 Å². The summed E-state index contributed by atoms with van der Waals surface area (Å²) >= 11 is 0. The van der Waals surface area contributed by atoms with Crippen molar-refractivity contribution in [2.75, 3.05) is 12.7 Å². The third kappa shape index (κ3) is 1.28. The van der Waals surface area contributed by atoms with Gasteiger partial charge in [-0.05, 0) is 6.42 Å². The van der Waals surface area contributed by atoms with Crippen LogP contribution in [0.4, 0.5) is 0 Å². The summed E-state index contributed by atoms with van der Waals surface area (Å²) in [6.45, 7) is 7.08. The molecule has 10 heavy (non-hydrogen) atoms. The van der Waals surface area contributed by atoms with E-state index in [2.05, 4.69) is 5.09 Å². The normalized spacial score (nSPS) is 34.7. The molecule has 0 aromatic carbocycles. The largest absolute Gasteiger partial charge is 0.306 e. The molecule has 1 heterocycles. The zero-order chi connectivity index (χ0) is 7.83. The highest BCUT2D eigenvalue weighted by molar-refractivity contribution is 7.63. The highest BCUT2D eigenvalue weighted by Crippen LogP contribution is 2.56. The van der Waals surface area contributed by atoms with Gasteiger partial charge in [0.15, 0.2) is 7.29 Å². The van der Waals surface area contributed by atoms with Crippen molar-refractivity contribution in [1.29, 1.82) is 0 Å². The van der Waals surface area contributed by atoms with Gasteiger partial charge in [-0.15, -0.1) is 0 Å². The molecule has 1 saturated heterocycles. The maximum atomic E-state index is 11.9. The van der Waals surface area contributed by atoms with Gasteiger partial charge in [-0.2, -0.15) is 0 Å². The van der Waals surface area contributed by atoms with Gasteiger partial charge in [-0.1, -0.05) is 20.8 Å². The van der Waals surface area contributed by atoms with Gasteiger partial charge in [-0.3, -0.25) is 5.09 Å². The first kappa shape index (κ1) is 8.29. The van der Waals surface area contributed by atoms with Crippen LogP contribution in [0.15, 0.2) is 0 Å². The van der Waals surface area contributed by atoms with Crippen LogP contribution in [0.3, 0.4) is 0 Å². The number of rotatable bonds is 0. The predicted octanol–water partition coefficient (Wildman–Crippen LogP) is 2.06. The molecule has 0 aromatic heterocycles. The minimum Gasteiger partial charge on any atom is -0.306 e. The fourth-order valence-electron chi connectivity index (χ4n) is 1.21. The third-order valence-corrected chi connectivity index (χ3v) is 5.95. The molecule has 0 amide bonds. The van der Waals surface area contributed by atoms with E-state index >= 15 is 0 Å². The minimum atomic E-state index is -2.00. The topological polar surface area (TPSA) is 29.1 Å². The Balaban J connectivity index is 2.78. The van der Waals surface area contributed by atoms with Crippen molar-refractivity contribution in [3.8, 4) is 0 Å². The zero-order valence-electron chi connectivity index (χ0n) is 6.98. The molecular weight excluding hydrogens is 145 g/mol. The van der Waals surface area contributed by atoms with Crippen molar-refractivity contribution < 1.29 is 4.57 Å². The lowest BCUT2D eigenvalue weighted by Gasteiger charge is -2.26. The molecule has 0 aromatic rings. The van der Waals surface area contributed by atoms with E-state index in [9.17, 15) is 4.57 Å². The molecule has 0 spiro atoms. The van der Waals surface area contributed by atoms with Gasteiger partial charge in [0.2, 0.25) is 0 Å². The van der Waals surface area contributed by atoms with Crippen LogP contribution in [0.2, 0.25) is 0 Å². The monoisotopic (exact) mass is 161 g/mol. The van der Waals surface area contributed by atoms with E-state index in [4.69, 9.17) is 0 Å². The summed E-state index contributed by atoms with van der Waals surface area (Å²) in [6.07, 6.45) is 1.96. The minimum absolute atomic E-state index is 0.0382. The van der Waals surface area contributed by atoms with Crippen molar-refractivity contribution in [3.63, 3.8) is 0 Å². The van der Waals surface area contributed by atoms with E-state index in [0.29, 0.717) is 0 Å². The fourth-order valence-corrected chi connectivity index (χ4v) is 3.64. The molecule has 1 fully saturated rings. The van der Waals surface area contributed by atoms with Crippen molar-refractivity contribution >= 4 is 7.29 Å². The van der Waals surface area contributed by atoms with Crippen LogP contribution in [0.1, 0.15) is 27.2 Å². The lowest BCUT2D eigenvalue weighted by molar-refractivity contribution is 0.545. The summed E-state index contributed by atoms with van der Waals surface area (Å²) in [6, 6.07) is 0. The summed E-state index contributed by atoms with van der Waals surface area (Å²) in [5.41, 5.74) is 0. The first-order valence-corrected chi connectivity index (χ1v) is 5.69. The Hall–Kier alpha value is 0.190. The second-order valence-corrected chi connectivity index (χ2v) is 7.48. The smallest absolute Gasteiger partial charge is 0.152 e. The van der Waals surface area contributed by atoms with Gasteiger partial charge in [-0.25, -0.2) is 0 Å². The molecule has 0 aliphatic carbocycles. The Labute approximate surface area is 62.8 Å². The van der Waals surface area contributed by atoms with Gasteiger partial charge in [0.25, 0.3) is 0 Å². The number of hydrogen-bond acceptors (Lipinski definition) is 1. The molecule has 1 aliphatic rings. The molecule has 3 heteroatoms. The van der Waals surface area contributed by atoms with Crippen molar-refractivity contribution in [3.05, 3.63) is 0 Å². The first-order chi connectivity index (χ1) is 4.46. The van der Waals surface area contributed by atoms with Crippen LogP contribution in [-0.4, -0.2) is 17.9 Å². The molecule has 1 rings (SSSR count). The summed E-state index contributed by atoms with van der Waals surface area (Å²) in [7, 11) is -2.00. The average molecular weight is 161 g/mol. The third-order valence-electron chi connectivity index (χ3n) is 2.10. The molecule has 2 nitrogen and oxygen atoms in total. The van der Waals surface area contributed by atoms with Gasteiger partial charge in [0.05, 0.1) is 0 Å². The van der Waals surface area contributed by atoms with Crippen LogP contribution >= 0.6 is 7.29 Å². The van der Waals surface area contributed by atoms with Crippen LogP contribution in [-0.2, 0) is 4.57 Å². The lowest BCUT2D eigenvalue weighted by Crippen LogP contribution is -2.21. The van der Waals surface area contributed by atoms with Crippen molar-refractivity contribution in [1.82, 2.24) is 5.09 Å². The standard InChI is InChI=1S/C7H16NOP/c1-7(2,3)10(9)6-4-5-8-10/h4-6H2,1-3H3,(H,8,9). The summed E-state index contributed by atoms with van der Waals surface area (Å²) in [4.78, 5) is 0. The van der Waals surface area contributed by atoms with Crippen LogP contribution in [0, 0.1) is 0 Å². The maximum absolute atomic E-state index is 11.9. The van der Waals surface area contributed by atoms with E-state index < -0.39 is 7.29 Å². The van der Waals surface area contributed by atoms with E-state index in [0.717, 1.165) is 19.1 Å². The Morgan fingerprint density at radius 2 is 2.00 bits per heavy atom. The molecule has 1 atom stereocenters. The second-order valence-electron chi connectivity index (χ2n) is 3.90. The van der Waals surface area contributed by atoms with E-state index in [-0.39, 0.29) is 5.16 Å². The first-order valence-electron chi connectivity index (χ1n) is 3.80. The van der Waals surface area contributed by atoms with Gasteiger partial charge >= 0.3 is 0 Å². The molecule has 1 aliphatic heterocycles. The molecular formula is C7H16NOP. The second kappa shape index (κ2) is 2.35. The van der Waals surface area contributed by atoms with Crippen molar-refractivity contribution in [2.24, 2.45) is 0 Å². The van der Waals surface area contributed by atoms with Crippen LogP contribution in [0.5, 0.6) is 0 Å². The number of nitrogens with one attached hydrogen (secondary N) is 1. The average Bonchev–Trinajstić information content (AvgIpc) is 2.13. The molecule has 0 bridgehead atoms. The predicted molar refractivity (Wildman–Crippen MR) is 44.8 cm³/mol. The Morgan fingerprint density at radius 1 is 1.40 bits per heavy atom. The summed E-state index contributed by atoms with van der Waals surface area (Å²) in [5, 5.41) is 3.09. The fraction of sp³-hybridized carbons (Fsp3) is 1.00. The van der Waals surface area contributed by atoms with E-state index in [1.165, 1.54) is 0 Å². The van der Waals surface area contributed by atoms with Crippen LogP contribution < -0.4 is 5.09 Å². The molecule has 60 valence electrons. The highest BCUT2D eigenvalue weighted by atomic mass is 31.2. The van der Waals surface area contributed by atoms with Gasteiger partial charge in [0.1, 0.15) is 0 Å². The molecule has 0 radical (unpaired) electrons. The summed E-state index contributed by atoms with van der Waals surface area (Å²) in [5.74, 6) is 0. The Bertz CT molecular complexity index is 161. The van der Waals surface area contributed by atoms with Gasteiger partial charge < -0.3 is 4.57 Å². The maximum Gasteiger partial charge on any atom is 0.152 e. The quantitative estimate of drug-likeness (QED) is 0.551. The molecule has 0 saturated carbocycles. The van der Waals surface area contributed by atoms with E-state index in [1.807, 2.05) is 20.8 Å². The molecule has 1 unspecified atom stereocenters. The molecule has 1 N–H and O–H groups in total. The van der Waals surface area contributed by atoms with Crippen molar-refractivity contribution in [2.45, 2.75) is 32.3 Å². The highest BCUT2D eigenvalue weighted by Gasteiger charge is 2.38. The number of hydrogen-bond donors (Lipinski definition) is 1. The Kier molecular flexibility index (Phi) is 1.95.